The largest absolute Gasteiger partial charge is 0.493 e. The van der Waals surface area contributed by atoms with Crippen LogP contribution in [-0.2, 0) is 15.1 Å². The number of halogens is 1. The van der Waals surface area contributed by atoms with Crippen LogP contribution in [-0.4, -0.2) is 43.5 Å². The van der Waals surface area contributed by atoms with Gasteiger partial charge in [-0.15, -0.1) is 0 Å². The van der Waals surface area contributed by atoms with E-state index in [4.69, 9.17) is 9.47 Å². The first-order chi connectivity index (χ1) is 14.7. The van der Waals surface area contributed by atoms with Gasteiger partial charge in [0.2, 0.25) is 5.91 Å². The minimum absolute atomic E-state index is 0.406. The highest BCUT2D eigenvalue weighted by atomic mass is 19.1. The molecule has 2 atom stereocenters. The molecule has 0 bridgehead atoms. The topological polar surface area (TPSA) is 97.0 Å². The maximum Gasteiger partial charge on any atom is 0.325 e. The quantitative estimate of drug-likeness (QED) is 0.659. The number of methoxy groups -OCH3 is 2. The first-order valence-electron chi connectivity index (χ1n) is 9.61. The Bertz CT molecular complexity index is 1010. The minimum Gasteiger partial charge on any atom is -0.493 e. The number of hydrogen-bond donors (Lipinski definition) is 2. The number of ether oxygens (including phenoxy) is 2. The van der Waals surface area contributed by atoms with Crippen LogP contribution in [0, 0.1) is 5.82 Å². The van der Waals surface area contributed by atoms with E-state index in [9.17, 15) is 18.8 Å². The zero-order valence-corrected chi connectivity index (χ0v) is 17.7. The van der Waals surface area contributed by atoms with Crippen LogP contribution in [0.2, 0.25) is 0 Å². The fourth-order valence-electron chi connectivity index (χ4n) is 3.46. The van der Waals surface area contributed by atoms with Gasteiger partial charge in [0.05, 0.1) is 20.3 Å². The Morgan fingerprint density at radius 1 is 1.13 bits per heavy atom. The molecule has 0 aromatic heterocycles. The monoisotopic (exact) mass is 429 g/mol. The maximum atomic E-state index is 13.2. The van der Waals surface area contributed by atoms with Crippen molar-refractivity contribution in [3.05, 3.63) is 59.4 Å². The van der Waals surface area contributed by atoms with E-state index in [0.29, 0.717) is 17.1 Å². The fraction of sp³-hybridized carbons (Fsp3) is 0.318. The van der Waals surface area contributed by atoms with Crippen molar-refractivity contribution in [1.82, 2.24) is 15.5 Å². The standard InChI is InChI=1S/C22H24FN3O5/c1-13(14-5-10-17(30-3)18(11-14)31-4)24-19(27)12-26-20(28)22(2,25-21(26)29)15-6-8-16(23)9-7-15/h5-11,13H,12H2,1-4H3,(H,24,27)(H,25,29). The number of nitrogens with zero attached hydrogens (tertiary/aromatic N) is 1. The van der Waals surface area contributed by atoms with Crippen molar-refractivity contribution in [3.8, 4) is 11.5 Å². The zero-order valence-electron chi connectivity index (χ0n) is 17.7. The number of imide groups is 1. The van der Waals surface area contributed by atoms with Crippen LogP contribution in [0.25, 0.3) is 0 Å². The van der Waals surface area contributed by atoms with Gasteiger partial charge in [-0.2, -0.15) is 0 Å². The number of urea groups is 1. The Labute approximate surface area is 179 Å². The third-order valence-electron chi connectivity index (χ3n) is 5.28. The lowest BCUT2D eigenvalue weighted by atomic mass is 9.92. The van der Waals surface area contributed by atoms with E-state index in [1.165, 1.54) is 45.4 Å². The molecule has 0 aliphatic carbocycles. The van der Waals surface area contributed by atoms with Crippen molar-refractivity contribution in [2.24, 2.45) is 0 Å². The molecule has 0 radical (unpaired) electrons. The number of hydrogen-bond acceptors (Lipinski definition) is 5. The average Bonchev–Trinajstić information content (AvgIpc) is 2.97. The summed E-state index contributed by atoms with van der Waals surface area (Å²) in [5.74, 6) is -0.467. The Kier molecular flexibility index (Phi) is 6.14. The summed E-state index contributed by atoms with van der Waals surface area (Å²) in [7, 11) is 3.04. The lowest BCUT2D eigenvalue weighted by Gasteiger charge is -2.22. The van der Waals surface area contributed by atoms with Gasteiger partial charge < -0.3 is 20.1 Å². The SMILES string of the molecule is COc1ccc(C(C)NC(=O)CN2C(=O)NC(C)(c3ccc(F)cc3)C2=O)cc1OC. The van der Waals surface area contributed by atoms with Crippen LogP contribution >= 0.6 is 0 Å². The van der Waals surface area contributed by atoms with Gasteiger partial charge in [-0.25, -0.2) is 9.18 Å². The molecule has 9 heteroatoms. The van der Waals surface area contributed by atoms with Gasteiger partial charge in [0.25, 0.3) is 5.91 Å². The average molecular weight is 429 g/mol. The van der Waals surface area contributed by atoms with Crippen molar-refractivity contribution < 1.29 is 28.2 Å². The van der Waals surface area contributed by atoms with Crippen molar-refractivity contribution in [3.63, 3.8) is 0 Å². The van der Waals surface area contributed by atoms with E-state index in [-0.39, 0.29) is 0 Å². The predicted octanol–water partition coefficient (Wildman–Crippen LogP) is 2.49. The summed E-state index contributed by atoms with van der Waals surface area (Å²) < 4.78 is 23.7. The lowest BCUT2D eigenvalue weighted by molar-refractivity contribution is -0.135. The molecular formula is C22H24FN3O5. The number of rotatable bonds is 7. The van der Waals surface area contributed by atoms with Gasteiger partial charge in [0.15, 0.2) is 11.5 Å². The Morgan fingerprint density at radius 3 is 2.39 bits per heavy atom. The van der Waals surface area contributed by atoms with Crippen molar-refractivity contribution in [2.45, 2.75) is 25.4 Å². The molecule has 2 N–H and O–H groups in total. The molecule has 0 spiro atoms. The summed E-state index contributed by atoms with van der Waals surface area (Å²) in [6.07, 6.45) is 0. The van der Waals surface area contributed by atoms with Gasteiger partial charge in [0, 0.05) is 0 Å². The molecule has 1 heterocycles. The normalized spacial score (nSPS) is 19.1. The van der Waals surface area contributed by atoms with E-state index in [1.807, 2.05) is 0 Å². The zero-order chi connectivity index (χ0) is 22.8. The highest BCUT2D eigenvalue weighted by molar-refractivity contribution is 6.09. The Morgan fingerprint density at radius 2 is 1.77 bits per heavy atom. The summed E-state index contributed by atoms with van der Waals surface area (Å²) in [5.41, 5.74) is -0.187. The summed E-state index contributed by atoms with van der Waals surface area (Å²) in [5, 5.41) is 5.36. The summed E-state index contributed by atoms with van der Waals surface area (Å²) >= 11 is 0. The number of benzene rings is 2. The first kappa shape index (κ1) is 22.1. The van der Waals surface area contributed by atoms with Crippen LogP contribution in [0.1, 0.15) is 31.0 Å². The van der Waals surface area contributed by atoms with E-state index in [1.54, 1.807) is 25.1 Å². The second-order valence-corrected chi connectivity index (χ2v) is 7.36. The van der Waals surface area contributed by atoms with E-state index in [2.05, 4.69) is 10.6 Å². The van der Waals surface area contributed by atoms with E-state index in [0.717, 1.165) is 10.5 Å². The molecule has 1 aliphatic heterocycles. The van der Waals surface area contributed by atoms with Gasteiger partial charge in [0.1, 0.15) is 17.9 Å². The minimum atomic E-state index is -1.37. The van der Waals surface area contributed by atoms with Gasteiger partial charge in [-0.05, 0) is 49.2 Å². The molecule has 2 unspecified atom stereocenters. The number of nitrogens with one attached hydrogen (secondary N) is 2. The highest BCUT2D eigenvalue weighted by Crippen LogP contribution is 2.31. The number of amides is 4. The molecule has 1 aliphatic rings. The first-order valence-corrected chi connectivity index (χ1v) is 9.61. The fourth-order valence-corrected chi connectivity index (χ4v) is 3.46. The smallest absolute Gasteiger partial charge is 0.325 e. The molecule has 1 fully saturated rings. The molecule has 31 heavy (non-hydrogen) atoms. The second kappa shape index (κ2) is 8.63. The molecule has 4 amide bonds. The summed E-state index contributed by atoms with van der Waals surface area (Å²) in [6.45, 7) is 2.84. The Balaban J connectivity index is 1.69. The van der Waals surface area contributed by atoms with Crippen LogP contribution in [0.5, 0.6) is 11.5 Å². The molecule has 8 nitrogen and oxygen atoms in total. The molecular weight excluding hydrogens is 405 g/mol. The third-order valence-corrected chi connectivity index (χ3v) is 5.28. The van der Waals surface area contributed by atoms with Gasteiger partial charge in [-0.1, -0.05) is 18.2 Å². The number of carbonyl (C=O) groups excluding carboxylic acids is 3. The van der Waals surface area contributed by atoms with Crippen LogP contribution in [0.4, 0.5) is 9.18 Å². The second-order valence-electron chi connectivity index (χ2n) is 7.36. The number of carbonyl (C=O) groups is 3. The molecule has 2 aromatic rings. The lowest BCUT2D eigenvalue weighted by Crippen LogP contribution is -2.43. The molecule has 2 aromatic carbocycles. The Hall–Kier alpha value is -3.62. The van der Waals surface area contributed by atoms with Crippen molar-refractivity contribution in [2.75, 3.05) is 20.8 Å². The predicted molar refractivity (Wildman–Crippen MR) is 110 cm³/mol. The molecule has 0 saturated carbocycles. The van der Waals surface area contributed by atoms with E-state index >= 15 is 0 Å². The van der Waals surface area contributed by atoms with E-state index < -0.39 is 41.8 Å². The molecule has 1 saturated heterocycles. The molecule has 164 valence electrons. The third kappa shape index (κ3) is 4.30. The van der Waals surface area contributed by atoms with Gasteiger partial charge >= 0.3 is 6.03 Å². The van der Waals surface area contributed by atoms with Crippen LogP contribution in [0.3, 0.4) is 0 Å². The maximum absolute atomic E-state index is 13.2. The van der Waals surface area contributed by atoms with Crippen molar-refractivity contribution in [1.29, 1.82) is 0 Å². The molecule has 3 rings (SSSR count). The highest BCUT2D eigenvalue weighted by Gasteiger charge is 2.49. The summed E-state index contributed by atoms with van der Waals surface area (Å²) in [4.78, 5) is 38.7. The van der Waals surface area contributed by atoms with Crippen molar-refractivity contribution >= 4 is 17.8 Å². The summed E-state index contributed by atoms with van der Waals surface area (Å²) in [6, 6.07) is 9.42. The van der Waals surface area contributed by atoms with Gasteiger partial charge in [-0.3, -0.25) is 14.5 Å². The van der Waals surface area contributed by atoms with Crippen LogP contribution in [0.15, 0.2) is 42.5 Å². The van der Waals surface area contributed by atoms with Crippen LogP contribution < -0.4 is 20.1 Å².